The van der Waals surface area contributed by atoms with Gasteiger partial charge in [0.15, 0.2) is 0 Å². The second-order valence-electron chi connectivity index (χ2n) is 12.2. The van der Waals surface area contributed by atoms with Gasteiger partial charge in [-0.3, -0.25) is 0 Å². The van der Waals surface area contributed by atoms with E-state index in [0.717, 1.165) is 0 Å². The molecule has 0 bridgehead atoms. The Morgan fingerprint density at radius 2 is 0.116 bits per heavy atom. The molecule has 0 rings (SSSR count). The summed E-state index contributed by atoms with van der Waals surface area (Å²) >= 11 is 1.81. The van der Waals surface area contributed by atoms with Gasteiger partial charge in [0.1, 0.15) is 0 Å². The molecular weight excluding hydrogens is 2040 g/mol. The van der Waals surface area contributed by atoms with Crippen LogP contribution in [0.2, 0.25) is 0 Å². The summed E-state index contributed by atoms with van der Waals surface area (Å²) in [6.45, 7) is 0. The molecule has 0 saturated heterocycles. The van der Waals surface area contributed by atoms with Crippen molar-refractivity contribution in [3.05, 3.63) is 0 Å². The van der Waals surface area contributed by atoms with E-state index in [0.29, 0.717) is 0 Å². The van der Waals surface area contributed by atoms with Gasteiger partial charge in [-0.1, -0.05) is 5.22 Å². The molecule has 0 saturated carbocycles. The molecule has 0 unspecified atom stereocenters. The summed E-state index contributed by atoms with van der Waals surface area (Å²) in [5.74, 6) is 4.64. The molecule has 0 amide bonds. The fourth-order valence-electron chi connectivity index (χ4n) is 2.41. The number of nitrogens with zero attached hydrogens (tertiary/aromatic N) is 135. The highest BCUT2D eigenvalue weighted by molar-refractivity contribution is 14.1. The first kappa shape index (κ1) is 111. The predicted octanol–water partition coefficient (Wildman–Crippen LogP) is 24.9. The maximum Gasteiger partial charge on any atom is 0.0897 e. The smallest absolute Gasteiger partial charge is 0.0897 e. The Morgan fingerprint density at radius 3 is 0.159 bits per heavy atom. The molecule has 0 radical (unpaired) electrons. The zero-order chi connectivity index (χ0) is 98.2. The van der Waals surface area contributed by atoms with Gasteiger partial charge in [0.25, 0.3) is 0 Å². The molecule has 0 aliphatic heterocycles. The Hall–Kier alpha value is -26.6. The summed E-state index contributed by atoms with van der Waals surface area (Å²) in [5, 5.41) is 405. The van der Waals surface area contributed by atoms with Crippen LogP contribution < -0.4 is 5.84 Å². The maximum absolute atomic E-state index is 4.64. The molecule has 138 heavy (non-hydrogen) atoms. The summed E-state index contributed by atoms with van der Waals surface area (Å²) in [6, 6.07) is 0. The quantitative estimate of drug-likeness (QED) is 0.0200. The van der Waals surface area contributed by atoms with Crippen molar-refractivity contribution in [1.29, 1.82) is 0 Å². The molecule has 0 heterocycles. The lowest BCUT2D eigenvalue weighted by Gasteiger charge is -1.71. The average Bonchev–Trinajstić information content (AvgIpc) is 1.10. The van der Waals surface area contributed by atoms with Crippen LogP contribution in [0.4, 0.5) is 0 Å². The van der Waals surface area contributed by atoms with Crippen molar-refractivity contribution in [2.75, 3.05) is 0 Å². The lowest BCUT2D eigenvalue weighted by molar-refractivity contribution is 0.722. The molecule has 0 aromatic rings. The summed E-state index contributed by atoms with van der Waals surface area (Å²) < 4.78 is 1.33. The van der Waals surface area contributed by atoms with Crippen LogP contribution in [0.25, 0.3) is 0 Å². The van der Waals surface area contributed by atoms with Gasteiger partial charge in [0.05, 0.1) is 4.22 Å². The largest absolute Gasteiger partial charge is 0.303 e. The third kappa shape index (κ3) is 109. The fourth-order valence-corrected chi connectivity index (χ4v) is 2.52. The second kappa shape index (κ2) is 110. The zero-order valence-electron chi connectivity index (χ0n) is 61.9. The van der Waals surface area contributed by atoms with Gasteiger partial charge in [-0.15, -0.1) is 5.10 Å². The van der Waals surface area contributed by atoms with Crippen molar-refractivity contribution in [2.45, 2.75) is 0 Å². The summed E-state index contributed by atoms with van der Waals surface area (Å²) in [5.41, 5.74) is 0. The topological polar surface area (TPSA) is 1690 Å². The molecule has 137 heteroatoms. The fraction of sp³-hybridized carbons (Fsp3) is 0. The minimum Gasteiger partial charge on any atom is -0.303 e. The van der Waals surface area contributed by atoms with Crippen molar-refractivity contribution >= 4 is 26.8 Å². The highest BCUT2D eigenvalue weighted by Gasteiger charge is 1.84. The minimum absolute atomic E-state index is 1.33. The highest BCUT2D eigenvalue weighted by Crippen LogP contribution is 2.02. The normalized spacial score (nSPS) is 15.8. The van der Waals surface area contributed by atoms with Crippen LogP contribution in [0.15, 0.2) is 705 Å². The summed E-state index contributed by atoms with van der Waals surface area (Å²) in [7, 11) is 0. The van der Waals surface area contributed by atoms with Crippen molar-refractivity contribution in [1.82, 2.24) is 0 Å². The molecule has 2 N–H and O–H groups in total. The van der Waals surface area contributed by atoms with Crippen LogP contribution in [0, 0.1) is 0 Å². The van der Waals surface area contributed by atoms with Gasteiger partial charge >= 0.3 is 0 Å². The third-order valence-corrected chi connectivity index (χ3v) is 5.68. The van der Waals surface area contributed by atoms with Crippen molar-refractivity contribution in [2.24, 2.45) is 711 Å². The molecule has 0 aliphatic carbocycles. The van der Waals surface area contributed by atoms with E-state index in [2.05, 4.69) is 711 Å². The predicted molar refractivity (Wildman–Crippen MR) is 352 cm³/mol. The number of hydrogen-bond donors (Lipinski definition) is 1. The van der Waals surface area contributed by atoms with E-state index in [1.165, 1.54) is 4.22 Å². The molecule has 0 aromatic heterocycles. The van der Waals surface area contributed by atoms with E-state index in [9.17, 15) is 0 Å². The monoisotopic (exact) mass is 2050 g/mol. The first-order chi connectivity index (χ1) is 68.9. The average molecular weight is 2050 g/mol. The Bertz CT molecular complexity index is 4730. The first-order valence-electron chi connectivity index (χ1n) is 27.5. The van der Waals surface area contributed by atoms with Gasteiger partial charge in [-0.25, -0.2) is 0 Å². The molecule has 0 aromatic carbocycles. The molecule has 0 fully saturated rings. The van der Waals surface area contributed by atoms with Crippen LogP contribution in [-0.4, -0.2) is 4.22 Å². The van der Waals surface area contributed by atoms with Crippen molar-refractivity contribution in [3.63, 3.8) is 0 Å². The van der Waals surface area contributed by atoms with Gasteiger partial charge in [0.2, 0.25) is 0 Å². The van der Waals surface area contributed by atoms with Crippen LogP contribution in [0.1, 0.15) is 0 Å². The summed E-state index contributed by atoms with van der Waals surface area (Å²) in [6.07, 6.45) is 0. The van der Waals surface area contributed by atoms with E-state index in [4.69, 9.17) is 0 Å². The molecule has 694 valence electrons. The van der Waals surface area contributed by atoms with Crippen LogP contribution in [0.5, 0.6) is 0 Å². The van der Waals surface area contributed by atoms with Crippen molar-refractivity contribution in [3.8, 4) is 0 Å². The van der Waals surface area contributed by atoms with E-state index in [1.807, 2.05) is 22.6 Å². The third-order valence-electron chi connectivity index (χ3n) is 5.43. The van der Waals surface area contributed by atoms with Crippen LogP contribution in [0.3, 0.4) is 0 Å². The Kier molecular flexibility index (Phi) is 89.1. The zero-order valence-corrected chi connectivity index (χ0v) is 64.1. The van der Waals surface area contributed by atoms with E-state index in [-0.39, 0.29) is 0 Å². The number of halogens is 1. The van der Waals surface area contributed by atoms with Crippen LogP contribution in [-0.2, 0) is 0 Å². The first-order valence-corrected chi connectivity index (χ1v) is 28.8. The van der Waals surface area contributed by atoms with Crippen molar-refractivity contribution < 1.29 is 0 Å². The van der Waals surface area contributed by atoms with E-state index in [1.54, 1.807) is 0 Å². The number of nitrogens with two attached hydrogens (primary N) is 1. The minimum atomic E-state index is 1.33. The Labute approximate surface area is 736 Å². The lowest BCUT2D eigenvalue weighted by atomic mass is 11.7. The van der Waals surface area contributed by atoms with Crippen LogP contribution >= 0.6 is 22.6 Å². The lowest BCUT2D eigenvalue weighted by Crippen LogP contribution is -1.70. The van der Waals surface area contributed by atoms with Gasteiger partial charge in [-0.2, -0.15) is 0 Å². The number of rotatable bonds is 67. The van der Waals surface area contributed by atoms with Gasteiger partial charge in [0, 0.05) is 616 Å². The molecule has 0 atom stereocenters. The van der Waals surface area contributed by atoms with Gasteiger partial charge in [-0.05, 0) is 101 Å². The molecule has 136 nitrogen and oxygen atoms in total. The standard InChI is InChI=1S/CH3IN136/c2-1-4-6-8-10-12-14-16-18-20-22-24-26-28-30-32-34-36-38-40-42-44-46-48-50-52-54-56-58-60-62-64-66-68-70-72-74-76-78-80-82-84-86-88-90-92-94-96-98-100-102-104-106-108-110-112-114-116-118-120-122-124-126-128-130-132-134-136-138-137-135-133-131-129-127-125-123-121-119-117-115-113-111-109-107-105-103-101-99-97-95-93-91-89-87-85-83-81-79-77-75-73-71-69-67-65-63-61-59-57-55-53-51-49-47-45-43-41-39-37-35-33-31-29-27-25-23-21-19-17-15-13-11-9-7-5-3/h1H,(H2,3,6,7,10,11,14,15,18,19,22,23,26,27,30,31,34,35,38,39,42,43,46,47,50,51,54,55,58,59,62,63,66,67,70,71,74,75,78,79,82,83,86,87,90,91,94,95,98,99,102,103,106,107,110,111,114,115,118,119,122,123,126,127,130,131,134,135,138). The molecule has 0 spiro atoms. The SMILES string of the molecule is NN=NN=NN=NN=NN=NN=NN=NN=NN=NN=NN=NN=NN=NN=NN=NN=NN=NN=NN=NN=NN=NN=NN=NN=NN=NN=NN=NN=NN=NN=NN=NN=NN=NN=NN=NN=NN=NN=NN=NN=NN=NN=NN=NN=NN=NN=NN=NN=NN=NN=NN=NN=NN=NN=NN=NN=NN=NN=NN=NN=NN=NN=NN=NN=NN=NN=NN=NN=CI. The van der Waals surface area contributed by atoms with Gasteiger partial charge < -0.3 is 5.84 Å². The Morgan fingerprint density at radius 1 is 0.0725 bits per heavy atom. The van der Waals surface area contributed by atoms with E-state index >= 15 is 0 Å². The molecular formula is CH3IN136. The summed E-state index contributed by atoms with van der Waals surface area (Å²) in [4.78, 5) is 0. The maximum atomic E-state index is 4.64. The van der Waals surface area contributed by atoms with E-state index < -0.39 is 0 Å². The highest BCUT2D eigenvalue weighted by atomic mass is 127. The Balaban J connectivity index is 4.14. The molecule has 0 aliphatic rings. The second-order valence-corrected chi connectivity index (χ2v) is 12.8. The number of hydrogen-bond acceptors (Lipinski definition) is 2.